The van der Waals surface area contributed by atoms with Crippen LogP contribution >= 0.6 is 0 Å². The number of hydroxylamine groups is 3. The number of aromatic amines is 1. The number of quaternary nitrogens is 1. The molecule has 1 aliphatic heterocycles. The van der Waals surface area contributed by atoms with Crippen molar-refractivity contribution in [3.8, 4) is 0 Å². The Hall–Kier alpha value is -1.62. The molecular formula is C16H18N2O2. The van der Waals surface area contributed by atoms with Crippen molar-refractivity contribution in [2.75, 3.05) is 20.2 Å². The van der Waals surface area contributed by atoms with E-state index >= 15 is 0 Å². The highest BCUT2D eigenvalue weighted by molar-refractivity contribution is 5.98. The number of fused-ring (bicyclic) bond motifs is 2. The third-order valence-corrected chi connectivity index (χ3v) is 4.78. The SMILES string of the molecule is C[N+]1([O-])C[C@H](CO)C=C2c3cccc4[nH]cc(c34)C[C@H]21. The van der Waals surface area contributed by atoms with Crippen molar-refractivity contribution in [2.24, 2.45) is 5.92 Å². The Morgan fingerprint density at radius 3 is 3.10 bits per heavy atom. The lowest BCUT2D eigenvalue weighted by atomic mass is 9.79. The van der Waals surface area contributed by atoms with Gasteiger partial charge in [0.1, 0.15) is 6.04 Å². The zero-order chi connectivity index (χ0) is 13.9. The third-order valence-electron chi connectivity index (χ3n) is 4.78. The topological polar surface area (TPSA) is 59.1 Å². The van der Waals surface area contributed by atoms with Gasteiger partial charge in [-0.15, -0.1) is 0 Å². The number of benzene rings is 1. The van der Waals surface area contributed by atoms with Crippen LogP contribution in [-0.4, -0.2) is 41.0 Å². The lowest BCUT2D eigenvalue weighted by Crippen LogP contribution is -2.54. The Morgan fingerprint density at radius 1 is 1.45 bits per heavy atom. The van der Waals surface area contributed by atoms with Crippen LogP contribution in [0.15, 0.2) is 30.5 Å². The maximum atomic E-state index is 12.9. The van der Waals surface area contributed by atoms with Gasteiger partial charge in [0.2, 0.25) is 0 Å². The molecule has 4 rings (SSSR count). The normalized spacial score (nSPS) is 32.0. The molecule has 2 aromatic rings. The summed E-state index contributed by atoms with van der Waals surface area (Å²) in [7, 11) is 1.73. The van der Waals surface area contributed by atoms with Crippen LogP contribution in [0.25, 0.3) is 16.5 Å². The number of likely N-dealkylation sites (N-methyl/N-ethyl adjacent to an activating group) is 1. The number of nitrogens with zero attached hydrogens (tertiary/aromatic N) is 1. The molecule has 0 fully saturated rings. The molecule has 104 valence electrons. The van der Waals surface area contributed by atoms with Crippen LogP contribution < -0.4 is 0 Å². The summed E-state index contributed by atoms with van der Waals surface area (Å²) in [5.74, 6) is -0.0421. The summed E-state index contributed by atoms with van der Waals surface area (Å²) in [6, 6.07) is 6.14. The van der Waals surface area contributed by atoms with E-state index in [0.29, 0.717) is 6.54 Å². The summed E-state index contributed by atoms with van der Waals surface area (Å²) in [6.45, 7) is 0.503. The van der Waals surface area contributed by atoms with Crippen molar-refractivity contribution in [1.82, 2.24) is 4.98 Å². The van der Waals surface area contributed by atoms with Crippen LogP contribution in [0, 0.1) is 11.1 Å². The monoisotopic (exact) mass is 270 g/mol. The Labute approximate surface area is 117 Å². The van der Waals surface area contributed by atoms with Crippen LogP contribution in [0.3, 0.4) is 0 Å². The van der Waals surface area contributed by atoms with E-state index in [1.54, 1.807) is 7.05 Å². The number of rotatable bonds is 1. The molecule has 0 bridgehead atoms. The molecule has 1 aromatic heterocycles. The molecule has 20 heavy (non-hydrogen) atoms. The van der Waals surface area contributed by atoms with Crippen molar-refractivity contribution in [3.63, 3.8) is 0 Å². The number of hydrogen-bond donors (Lipinski definition) is 2. The van der Waals surface area contributed by atoms with Gasteiger partial charge in [-0.05, 0) is 17.2 Å². The predicted octanol–water partition coefficient (Wildman–Crippen LogP) is 2.04. The lowest BCUT2D eigenvalue weighted by molar-refractivity contribution is -0.881. The first kappa shape index (κ1) is 12.1. The quantitative estimate of drug-likeness (QED) is 0.615. The number of nitrogens with one attached hydrogen (secondary N) is 1. The minimum atomic E-state index is -0.294. The van der Waals surface area contributed by atoms with Crippen LogP contribution in [0.1, 0.15) is 11.1 Å². The lowest BCUT2D eigenvalue weighted by Gasteiger charge is -2.51. The van der Waals surface area contributed by atoms with Crippen molar-refractivity contribution in [2.45, 2.75) is 12.5 Å². The minimum absolute atomic E-state index is 0.0421. The van der Waals surface area contributed by atoms with Crippen molar-refractivity contribution < 1.29 is 9.75 Å². The average molecular weight is 270 g/mol. The predicted molar refractivity (Wildman–Crippen MR) is 78.8 cm³/mol. The van der Waals surface area contributed by atoms with Gasteiger partial charge in [0.15, 0.2) is 0 Å². The van der Waals surface area contributed by atoms with Gasteiger partial charge in [0.25, 0.3) is 0 Å². The van der Waals surface area contributed by atoms with E-state index in [1.165, 1.54) is 10.9 Å². The van der Waals surface area contributed by atoms with Crippen molar-refractivity contribution in [3.05, 3.63) is 46.8 Å². The van der Waals surface area contributed by atoms with Gasteiger partial charge in [-0.1, -0.05) is 18.2 Å². The summed E-state index contributed by atoms with van der Waals surface area (Å²) < 4.78 is -0.294. The molecule has 4 nitrogen and oxygen atoms in total. The standard InChI is InChI=1S/C16H18N2O2/c1-18(20)8-10(9-19)5-13-12-3-2-4-14-16(12)11(7-17-14)6-15(13)18/h2-5,7,10,15,17,19H,6,8-9H2,1H3/t10-,15-,18?/m1/s1. The number of aromatic nitrogens is 1. The second kappa shape index (κ2) is 3.95. The van der Waals surface area contributed by atoms with E-state index in [2.05, 4.69) is 23.2 Å². The third kappa shape index (κ3) is 1.53. The zero-order valence-corrected chi connectivity index (χ0v) is 11.5. The van der Waals surface area contributed by atoms with Gasteiger partial charge in [-0.3, -0.25) is 0 Å². The van der Waals surface area contributed by atoms with E-state index < -0.39 is 0 Å². The summed E-state index contributed by atoms with van der Waals surface area (Å²) in [6.07, 6.45) is 4.93. The number of hydrogen-bond acceptors (Lipinski definition) is 2. The highest BCUT2D eigenvalue weighted by atomic mass is 16.5. The van der Waals surface area contributed by atoms with Gasteiger partial charge < -0.3 is 19.9 Å². The van der Waals surface area contributed by atoms with E-state index in [1.807, 2.05) is 12.3 Å². The first-order valence-corrected chi connectivity index (χ1v) is 7.08. The largest absolute Gasteiger partial charge is 0.633 e. The molecule has 2 N–H and O–H groups in total. The van der Waals surface area contributed by atoms with Gasteiger partial charge in [0.05, 0.1) is 26.1 Å². The minimum Gasteiger partial charge on any atom is -0.633 e. The molecule has 0 saturated carbocycles. The molecule has 2 heterocycles. The summed E-state index contributed by atoms with van der Waals surface area (Å²) in [5.41, 5.74) is 4.64. The zero-order valence-electron chi connectivity index (χ0n) is 11.5. The summed E-state index contributed by atoms with van der Waals surface area (Å²) in [5, 5.41) is 23.6. The van der Waals surface area contributed by atoms with Crippen LogP contribution in [0.2, 0.25) is 0 Å². The number of aliphatic hydroxyl groups excluding tert-OH is 1. The highest BCUT2D eigenvalue weighted by Crippen LogP contribution is 2.42. The van der Waals surface area contributed by atoms with Crippen LogP contribution in [0.4, 0.5) is 0 Å². The fourth-order valence-corrected chi connectivity index (χ4v) is 3.85. The first-order valence-electron chi connectivity index (χ1n) is 7.08. The average Bonchev–Trinajstić information content (AvgIpc) is 2.84. The molecule has 1 unspecified atom stereocenters. The number of aliphatic hydroxyl groups is 1. The van der Waals surface area contributed by atoms with E-state index in [0.717, 1.165) is 23.1 Å². The smallest absolute Gasteiger partial charge is 0.119 e. The van der Waals surface area contributed by atoms with E-state index in [9.17, 15) is 10.3 Å². The second-order valence-electron chi connectivity index (χ2n) is 6.18. The second-order valence-corrected chi connectivity index (χ2v) is 6.18. The molecule has 2 aliphatic rings. The molecule has 0 radical (unpaired) electrons. The van der Waals surface area contributed by atoms with Gasteiger partial charge in [-0.2, -0.15) is 0 Å². The Kier molecular flexibility index (Phi) is 2.40. The molecule has 4 heteroatoms. The van der Waals surface area contributed by atoms with Crippen LogP contribution in [-0.2, 0) is 6.42 Å². The van der Waals surface area contributed by atoms with Crippen molar-refractivity contribution in [1.29, 1.82) is 0 Å². The van der Waals surface area contributed by atoms with Crippen LogP contribution in [0.5, 0.6) is 0 Å². The molecule has 1 aliphatic carbocycles. The molecule has 1 aromatic carbocycles. The molecule has 0 amide bonds. The van der Waals surface area contributed by atoms with Gasteiger partial charge in [-0.25, -0.2) is 0 Å². The fourth-order valence-electron chi connectivity index (χ4n) is 3.85. The molecule has 3 atom stereocenters. The summed E-state index contributed by atoms with van der Waals surface area (Å²) >= 11 is 0. The van der Waals surface area contributed by atoms with Gasteiger partial charge >= 0.3 is 0 Å². The number of H-pyrrole nitrogens is 1. The van der Waals surface area contributed by atoms with Crippen molar-refractivity contribution >= 4 is 16.5 Å². The molecular weight excluding hydrogens is 252 g/mol. The van der Waals surface area contributed by atoms with E-state index in [4.69, 9.17) is 0 Å². The fraction of sp³-hybridized carbons (Fsp3) is 0.375. The maximum Gasteiger partial charge on any atom is 0.119 e. The molecule has 0 spiro atoms. The highest BCUT2D eigenvalue weighted by Gasteiger charge is 2.39. The maximum absolute atomic E-state index is 12.9. The summed E-state index contributed by atoms with van der Waals surface area (Å²) in [4.78, 5) is 3.30. The Balaban J connectivity index is 1.98. The Bertz CT molecular complexity index is 714. The molecule has 0 saturated heterocycles. The van der Waals surface area contributed by atoms with Gasteiger partial charge in [0, 0.05) is 29.1 Å². The first-order chi connectivity index (χ1) is 9.60. The Morgan fingerprint density at radius 2 is 2.30 bits per heavy atom. The van der Waals surface area contributed by atoms with E-state index in [-0.39, 0.29) is 23.2 Å².